The number of ether oxygens (including phenoxy) is 1. The number of hydrogen-bond donors (Lipinski definition) is 0. The summed E-state index contributed by atoms with van der Waals surface area (Å²) in [6.07, 6.45) is 9.26. The average Bonchev–Trinajstić information content (AvgIpc) is 3.05. The molecule has 0 bridgehead atoms. The second-order valence-corrected chi connectivity index (χ2v) is 10.7. The van der Waals surface area contributed by atoms with Crippen LogP contribution in [0.15, 0.2) is 5.10 Å². The Morgan fingerprint density at radius 1 is 1.14 bits per heavy atom. The Labute approximate surface area is 167 Å². The highest BCUT2D eigenvalue weighted by Gasteiger charge is 2.37. The minimum absolute atomic E-state index is 0.0671. The molecule has 2 heterocycles. The Balaban J connectivity index is 1.49. The van der Waals surface area contributed by atoms with Crippen molar-refractivity contribution in [2.75, 3.05) is 18.1 Å². The van der Waals surface area contributed by atoms with Gasteiger partial charge < -0.3 is 4.74 Å². The van der Waals surface area contributed by atoms with Gasteiger partial charge >= 0.3 is 5.97 Å². The highest BCUT2D eigenvalue weighted by Crippen LogP contribution is 2.32. The van der Waals surface area contributed by atoms with E-state index in [4.69, 9.17) is 4.74 Å². The Morgan fingerprint density at radius 3 is 2.50 bits per heavy atom. The predicted molar refractivity (Wildman–Crippen MR) is 107 cm³/mol. The normalized spacial score (nSPS) is 30.2. The summed E-state index contributed by atoms with van der Waals surface area (Å²) in [4.78, 5) is 24.6. The van der Waals surface area contributed by atoms with E-state index in [9.17, 15) is 18.0 Å². The molecule has 0 aromatic rings. The van der Waals surface area contributed by atoms with Gasteiger partial charge in [-0.2, -0.15) is 5.10 Å². The number of amides is 1. The molecular formula is C20H32N2O5S. The maximum atomic E-state index is 12.4. The SMILES string of the molecule is CCCCC1CCC(COC(=O)C2=NN(C3CCS(=O)(=O)C3)C(=O)CC2)CC1. The predicted octanol–water partition coefficient (Wildman–Crippen LogP) is 2.69. The molecule has 0 radical (unpaired) electrons. The van der Waals surface area contributed by atoms with Crippen molar-refractivity contribution in [3.63, 3.8) is 0 Å². The largest absolute Gasteiger partial charge is 0.461 e. The quantitative estimate of drug-likeness (QED) is 0.599. The highest BCUT2D eigenvalue weighted by molar-refractivity contribution is 7.91. The number of carbonyl (C=O) groups excluding carboxylic acids is 2. The highest BCUT2D eigenvalue weighted by atomic mass is 32.2. The molecule has 7 nitrogen and oxygen atoms in total. The van der Waals surface area contributed by atoms with Crippen molar-refractivity contribution in [1.29, 1.82) is 0 Å². The first-order chi connectivity index (χ1) is 13.4. The molecule has 0 aromatic carbocycles. The second-order valence-electron chi connectivity index (χ2n) is 8.47. The molecule has 28 heavy (non-hydrogen) atoms. The van der Waals surface area contributed by atoms with Crippen LogP contribution >= 0.6 is 0 Å². The van der Waals surface area contributed by atoms with Crippen molar-refractivity contribution in [2.45, 2.75) is 77.2 Å². The third-order valence-electron chi connectivity index (χ3n) is 6.23. The molecule has 0 N–H and O–H groups in total. The minimum atomic E-state index is -3.12. The van der Waals surface area contributed by atoms with Crippen LogP contribution < -0.4 is 0 Å². The molecule has 8 heteroatoms. The van der Waals surface area contributed by atoms with Crippen LogP contribution in [0.5, 0.6) is 0 Å². The van der Waals surface area contributed by atoms with Crippen LogP contribution in [0.2, 0.25) is 0 Å². The molecule has 158 valence electrons. The zero-order chi connectivity index (χ0) is 20.1. The lowest BCUT2D eigenvalue weighted by Crippen LogP contribution is -2.42. The molecule has 1 atom stereocenters. The van der Waals surface area contributed by atoms with Crippen molar-refractivity contribution >= 4 is 27.4 Å². The van der Waals surface area contributed by atoms with E-state index in [0.717, 1.165) is 18.8 Å². The van der Waals surface area contributed by atoms with Crippen molar-refractivity contribution in [2.24, 2.45) is 16.9 Å². The van der Waals surface area contributed by atoms with Crippen molar-refractivity contribution in [3.8, 4) is 0 Å². The van der Waals surface area contributed by atoms with E-state index in [-0.39, 0.29) is 36.0 Å². The van der Waals surface area contributed by atoms with Gasteiger partial charge in [-0.15, -0.1) is 0 Å². The summed E-state index contributed by atoms with van der Waals surface area (Å²) in [6.45, 7) is 2.63. The minimum Gasteiger partial charge on any atom is -0.461 e. The molecule has 0 spiro atoms. The summed E-state index contributed by atoms with van der Waals surface area (Å²) in [7, 11) is -3.12. The standard InChI is InChI=1S/C20H32N2O5S/c1-2-3-4-15-5-7-16(8-6-15)13-27-20(24)18-9-10-19(23)22(21-18)17-11-12-28(25,26)14-17/h15-17H,2-14H2,1H3. The molecule has 1 saturated heterocycles. The lowest BCUT2D eigenvalue weighted by molar-refractivity contribution is -0.138. The van der Waals surface area contributed by atoms with Crippen LogP contribution in [0.25, 0.3) is 0 Å². The summed E-state index contributed by atoms with van der Waals surface area (Å²) in [6, 6.07) is -0.459. The lowest BCUT2D eigenvalue weighted by atomic mass is 9.80. The van der Waals surface area contributed by atoms with E-state index in [0.29, 0.717) is 18.9 Å². The Morgan fingerprint density at radius 2 is 1.86 bits per heavy atom. The van der Waals surface area contributed by atoms with Crippen LogP contribution in [0.4, 0.5) is 0 Å². The Hall–Kier alpha value is -1.44. The van der Waals surface area contributed by atoms with Crippen LogP contribution in [-0.4, -0.2) is 55.2 Å². The summed E-state index contributed by atoms with van der Waals surface area (Å²) < 4.78 is 28.9. The summed E-state index contributed by atoms with van der Waals surface area (Å²) in [5, 5.41) is 5.39. The number of nitrogens with zero attached hydrogens (tertiary/aromatic N) is 2. The maximum Gasteiger partial charge on any atom is 0.354 e. The first kappa shape index (κ1) is 21.3. The fraction of sp³-hybridized carbons (Fsp3) is 0.850. The monoisotopic (exact) mass is 412 g/mol. The van der Waals surface area contributed by atoms with Gasteiger partial charge in [0, 0.05) is 12.8 Å². The fourth-order valence-electron chi connectivity index (χ4n) is 4.43. The molecule has 0 aromatic heterocycles. The van der Waals surface area contributed by atoms with E-state index in [2.05, 4.69) is 12.0 Å². The summed E-state index contributed by atoms with van der Waals surface area (Å²) in [5.41, 5.74) is 0.237. The molecule has 2 fully saturated rings. The van der Waals surface area contributed by atoms with Gasteiger partial charge in [-0.05, 0) is 31.1 Å². The number of carbonyl (C=O) groups is 2. The smallest absolute Gasteiger partial charge is 0.354 e. The number of sulfone groups is 1. The van der Waals surface area contributed by atoms with Crippen LogP contribution in [0.3, 0.4) is 0 Å². The molecule has 1 aliphatic carbocycles. The van der Waals surface area contributed by atoms with Gasteiger partial charge in [-0.1, -0.05) is 39.0 Å². The molecule has 3 aliphatic rings. The van der Waals surface area contributed by atoms with E-state index in [1.807, 2.05) is 0 Å². The first-order valence-electron chi connectivity index (χ1n) is 10.6. The van der Waals surface area contributed by atoms with Gasteiger partial charge in [-0.25, -0.2) is 18.2 Å². The Bertz CT molecular complexity index is 710. The number of rotatable bonds is 7. The average molecular weight is 413 g/mol. The molecular weight excluding hydrogens is 380 g/mol. The van der Waals surface area contributed by atoms with Gasteiger partial charge in [0.15, 0.2) is 9.84 Å². The van der Waals surface area contributed by atoms with E-state index >= 15 is 0 Å². The maximum absolute atomic E-state index is 12.4. The second kappa shape index (κ2) is 9.37. The van der Waals surface area contributed by atoms with Crippen LogP contribution in [0, 0.1) is 11.8 Å². The van der Waals surface area contributed by atoms with Gasteiger partial charge in [0.25, 0.3) is 0 Å². The van der Waals surface area contributed by atoms with Crippen molar-refractivity contribution < 1.29 is 22.7 Å². The van der Waals surface area contributed by atoms with Crippen LogP contribution in [-0.2, 0) is 24.2 Å². The van der Waals surface area contributed by atoms with Crippen molar-refractivity contribution in [3.05, 3.63) is 0 Å². The number of hydrogen-bond acceptors (Lipinski definition) is 6. The van der Waals surface area contributed by atoms with Gasteiger partial charge in [0.2, 0.25) is 5.91 Å². The van der Waals surface area contributed by atoms with E-state index < -0.39 is 21.8 Å². The summed E-state index contributed by atoms with van der Waals surface area (Å²) >= 11 is 0. The topological polar surface area (TPSA) is 93.1 Å². The fourth-order valence-corrected chi connectivity index (χ4v) is 6.12. The van der Waals surface area contributed by atoms with Gasteiger partial charge in [-0.3, -0.25) is 4.79 Å². The first-order valence-corrected chi connectivity index (χ1v) is 12.5. The number of hydrazone groups is 1. The third-order valence-corrected chi connectivity index (χ3v) is 7.98. The molecule has 3 rings (SSSR count). The third kappa shape index (κ3) is 5.55. The van der Waals surface area contributed by atoms with Gasteiger partial charge in [0.1, 0.15) is 5.71 Å². The van der Waals surface area contributed by atoms with Crippen LogP contribution in [0.1, 0.15) is 71.1 Å². The van der Waals surface area contributed by atoms with Gasteiger partial charge in [0.05, 0.1) is 24.2 Å². The number of esters is 1. The molecule has 1 saturated carbocycles. The Kier molecular flexibility index (Phi) is 7.12. The zero-order valence-corrected chi connectivity index (χ0v) is 17.6. The van der Waals surface area contributed by atoms with Crippen molar-refractivity contribution in [1.82, 2.24) is 5.01 Å². The molecule has 1 amide bonds. The van der Waals surface area contributed by atoms with E-state index in [1.54, 1.807) is 0 Å². The van der Waals surface area contributed by atoms with E-state index in [1.165, 1.54) is 37.1 Å². The lowest BCUT2D eigenvalue weighted by Gasteiger charge is -2.29. The zero-order valence-electron chi connectivity index (χ0n) is 16.8. The molecule has 1 unspecified atom stereocenters. The number of unbranched alkanes of at least 4 members (excludes halogenated alkanes) is 1. The summed E-state index contributed by atoms with van der Waals surface area (Å²) in [5.74, 6) is 0.528. The molecule has 2 aliphatic heterocycles.